The van der Waals surface area contributed by atoms with Crippen molar-refractivity contribution in [2.75, 3.05) is 5.33 Å². The van der Waals surface area contributed by atoms with Gasteiger partial charge < -0.3 is 5.32 Å². The quantitative estimate of drug-likeness (QED) is 0.812. The van der Waals surface area contributed by atoms with Gasteiger partial charge in [-0.15, -0.1) is 0 Å². The van der Waals surface area contributed by atoms with Crippen molar-refractivity contribution in [1.82, 2.24) is 5.32 Å². The molecule has 0 bridgehead atoms. The van der Waals surface area contributed by atoms with E-state index in [2.05, 4.69) is 21.2 Å². The summed E-state index contributed by atoms with van der Waals surface area (Å²) >= 11 is 9.47. The lowest BCUT2D eigenvalue weighted by molar-refractivity contribution is 0.0911. The number of rotatable bonds is 3. The highest BCUT2D eigenvalue weighted by Gasteiger charge is 2.26. The molecule has 104 valence electrons. The van der Waals surface area contributed by atoms with Crippen molar-refractivity contribution in [3.63, 3.8) is 0 Å². The highest BCUT2D eigenvalue weighted by atomic mass is 79.9. The van der Waals surface area contributed by atoms with Gasteiger partial charge in [0.15, 0.2) is 0 Å². The Kier molecular flexibility index (Phi) is 5.28. The van der Waals surface area contributed by atoms with Crippen LogP contribution in [0.3, 0.4) is 0 Å². The zero-order valence-electron chi connectivity index (χ0n) is 11.1. The maximum absolute atomic E-state index is 12.3. The Hall–Kier alpha value is -0.540. The number of alkyl halides is 1. The van der Waals surface area contributed by atoms with E-state index in [1.165, 1.54) is 19.3 Å². The molecule has 0 aromatic heterocycles. The molecule has 1 saturated carbocycles. The number of hydrogen-bond acceptors (Lipinski definition) is 1. The SMILES string of the molecule is Cc1cc(Cl)ccc1C(=O)NC1CCCCC1CBr. The van der Waals surface area contributed by atoms with E-state index in [0.717, 1.165) is 22.9 Å². The van der Waals surface area contributed by atoms with Gasteiger partial charge in [0, 0.05) is 22.0 Å². The maximum atomic E-state index is 12.3. The Morgan fingerprint density at radius 1 is 1.42 bits per heavy atom. The Balaban J connectivity index is 2.07. The van der Waals surface area contributed by atoms with E-state index in [1.54, 1.807) is 12.1 Å². The van der Waals surface area contributed by atoms with Crippen LogP contribution < -0.4 is 5.32 Å². The number of halogens is 2. The van der Waals surface area contributed by atoms with Gasteiger partial charge in [-0.25, -0.2) is 0 Å². The second kappa shape index (κ2) is 6.76. The molecule has 2 atom stereocenters. The molecule has 2 rings (SSSR count). The van der Waals surface area contributed by atoms with Crippen LogP contribution >= 0.6 is 27.5 Å². The van der Waals surface area contributed by atoms with Crippen molar-refractivity contribution in [2.24, 2.45) is 5.92 Å². The van der Waals surface area contributed by atoms with Gasteiger partial charge in [0.1, 0.15) is 0 Å². The van der Waals surface area contributed by atoms with Crippen molar-refractivity contribution < 1.29 is 4.79 Å². The van der Waals surface area contributed by atoms with Gasteiger partial charge in [0.25, 0.3) is 5.91 Å². The molecule has 2 nitrogen and oxygen atoms in total. The van der Waals surface area contributed by atoms with Gasteiger partial charge >= 0.3 is 0 Å². The summed E-state index contributed by atoms with van der Waals surface area (Å²) in [4.78, 5) is 12.3. The third kappa shape index (κ3) is 3.73. The fraction of sp³-hybridized carbons (Fsp3) is 0.533. The molecule has 1 amide bonds. The third-order valence-electron chi connectivity index (χ3n) is 3.86. The van der Waals surface area contributed by atoms with E-state index in [1.807, 2.05) is 13.0 Å². The summed E-state index contributed by atoms with van der Waals surface area (Å²) in [6.45, 7) is 1.92. The zero-order valence-corrected chi connectivity index (χ0v) is 13.4. The molecule has 4 heteroatoms. The van der Waals surface area contributed by atoms with E-state index in [4.69, 9.17) is 11.6 Å². The molecule has 1 aromatic carbocycles. The van der Waals surface area contributed by atoms with Gasteiger partial charge in [-0.2, -0.15) is 0 Å². The Labute approximate surface area is 128 Å². The molecular weight excluding hydrogens is 326 g/mol. The van der Waals surface area contributed by atoms with Crippen molar-refractivity contribution in [3.05, 3.63) is 34.3 Å². The standard InChI is InChI=1S/C15H19BrClNO/c1-10-8-12(17)6-7-13(10)15(19)18-14-5-3-2-4-11(14)9-16/h6-8,11,14H,2-5,9H2,1H3,(H,18,19). The van der Waals surface area contributed by atoms with Crippen LogP contribution in [-0.4, -0.2) is 17.3 Å². The molecule has 1 aliphatic carbocycles. The molecular formula is C15H19BrClNO. The van der Waals surface area contributed by atoms with Gasteiger partial charge in [-0.3, -0.25) is 4.79 Å². The van der Waals surface area contributed by atoms with E-state index < -0.39 is 0 Å². The molecule has 1 aliphatic rings. The minimum Gasteiger partial charge on any atom is -0.349 e. The van der Waals surface area contributed by atoms with Crippen molar-refractivity contribution in [2.45, 2.75) is 38.6 Å². The minimum absolute atomic E-state index is 0.0204. The van der Waals surface area contributed by atoms with E-state index >= 15 is 0 Å². The van der Waals surface area contributed by atoms with Crippen molar-refractivity contribution in [1.29, 1.82) is 0 Å². The third-order valence-corrected chi connectivity index (χ3v) is 4.92. The summed E-state index contributed by atoms with van der Waals surface area (Å²) in [5, 5.41) is 4.81. The molecule has 0 saturated heterocycles. The van der Waals surface area contributed by atoms with Gasteiger partial charge in [0.2, 0.25) is 0 Å². The zero-order chi connectivity index (χ0) is 13.8. The van der Waals surface area contributed by atoms with Gasteiger partial charge in [-0.05, 0) is 49.4 Å². The van der Waals surface area contributed by atoms with Crippen LogP contribution in [0.4, 0.5) is 0 Å². The van der Waals surface area contributed by atoms with E-state index in [0.29, 0.717) is 10.9 Å². The van der Waals surface area contributed by atoms with E-state index in [9.17, 15) is 4.79 Å². The average Bonchev–Trinajstić information content (AvgIpc) is 2.39. The van der Waals surface area contributed by atoms with Gasteiger partial charge in [-0.1, -0.05) is 40.4 Å². The number of carbonyl (C=O) groups is 1. The van der Waals surface area contributed by atoms with Crippen LogP contribution in [-0.2, 0) is 0 Å². The molecule has 1 fully saturated rings. The molecule has 0 spiro atoms. The smallest absolute Gasteiger partial charge is 0.251 e. The highest BCUT2D eigenvalue weighted by Crippen LogP contribution is 2.26. The summed E-state index contributed by atoms with van der Waals surface area (Å²) in [7, 11) is 0. The van der Waals surface area contributed by atoms with Crippen LogP contribution in [0.1, 0.15) is 41.6 Å². The van der Waals surface area contributed by atoms with Crippen molar-refractivity contribution in [3.8, 4) is 0 Å². The predicted molar refractivity (Wildman–Crippen MR) is 83.2 cm³/mol. The van der Waals surface area contributed by atoms with Crippen LogP contribution in [0.15, 0.2) is 18.2 Å². The average molecular weight is 345 g/mol. The molecule has 1 aromatic rings. The fourth-order valence-electron chi connectivity index (χ4n) is 2.71. The second-order valence-corrected chi connectivity index (χ2v) is 6.32. The van der Waals surface area contributed by atoms with E-state index in [-0.39, 0.29) is 11.9 Å². The summed E-state index contributed by atoms with van der Waals surface area (Å²) in [5.41, 5.74) is 1.65. The number of amides is 1. The van der Waals surface area contributed by atoms with Crippen LogP contribution in [0, 0.1) is 12.8 Å². The van der Waals surface area contributed by atoms with Crippen LogP contribution in [0.5, 0.6) is 0 Å². The first-order valence-electron chi connectivity index (χ1n) is 6.75. The topological polar surface area (TPSA) is 29.1 Å². The molecule has 0 radical (unpaired) electrons. The van der Waals surface area contributed by atoms with Crippen LogP contribution in [0.2, 0.25) is 5.02 Å². The maximum Gasteiger partial charge on any atom is 0.251 e. The van der Waals surface area contributed by atoms with Crippen LogP contribution in [0.25, 0.3) is 0 Å². The number of nitrogens with one attached hydrogen (secondary N) is 1. The largest absolute Gasteiger partial charge is 0.349 e. The number of benzene rings is 1. The summed E-state index contributed by atoms with van der Waals surface area (Å²) in [6.07, 6.45) is 4.74. The van der Waals surface area contributed by atoms with Crippen molar-refractivity contribution >= 4 is 33.4 Å². The Morgan fingerprint density at radius 3 is 2.84 bits per heavy atom. The molecule has 0 aliphatic heterocycles. The summed E-state index contributed by atoms with van der Waals surface area (Å²) in [5.74, 6) is 0.567. The second-order valence-electron chi connectivity index (χ2n) is 5.24. The van der Waals surface area contributed by atoms with Gasteiger partial charge in [0.05, 0.1) is 0 Å². The number of aryl methyl sites for hydroxylation is 1. The first-order chi connectivity index (χ1) is 9.11. The lowest BCUT2D eigenvalue weighted by atomic mass is 9.85. The first-order valence-corrected chi connectivity index (χ1v) is 8.24. The Morgan fingerprint density at radius 2 is 2.16 bits per heavy atom. The molecule has 1 N–H and O–H groups in total. The monoisotopic (exact) mass is 343 g/mol. The fourth-order valence-corrected chi connectivity index (χ4v) is 3.71. The highest BCUT2D eigenvalue weighted by molar-refractivity contribution is 9.09. The molecule has 19 heavy (non-hydrogen) atoms. The summed E-state index contributed by atoms with van der Waals surface area (Å²) < 4.78 is 0. The minimum atomic E-state index is 0.0204. The number of carbonyl (C=O) groups excluding carboxylic acids is 1. The normalized spacial score (nSPS) is 23.1. The molecule has 2 unspecified atom stereocenters. The Bertz CT molecular complexity index is 463. The molecule has 0 heterocycles. The summed E-state index contributed by atoms with van der Waals surface area (Å²) in [6, 6.07) is 5.70. The lowest BCUT2D eigenvalue weighted by Crippen LogP contribution is -2.42. The first kappa shape index (κ1) is 14.9. The lowest BCUT2D eigenvalue weighted by Gasteiger charge is -2.31. The number of hydrogen-bond donors (Lipinski definition) is 1. The predicted octanol–water partition coefficient (Wildman–Crippen LogP) is 4.33.